The molecule has 0 heterocycles. The Morgan fingerprint density at radius 1 is 1.44 bits per heavy atom. The van der Waals surface area contributed by atoms with Gasteiger partial charge in [0.25, 0.3) is 0 Å². The van der Waals surface area contributed by atoms with Crippen molar-refractivity contribution < 1.29 is 13.9 Å². The van der Waals surface area contributed by atoms with Crippen molar-refractivity contribution >= 4 is 5.78 Å². The summed E-state index contributed by atoms with van der Waals surface area (Å²) in [6.07, 6.45) is 3.85. The first-order valence-electron chi connectivity index (χ1n) is 5.86. The van der Waals surface area contributed by atoms with E-state index in [0.717, 1.165) is 6.42 Å². The molecular weight excluding hydrogens is 233 g/mol. The Bertz CT molecular complexity index is 441. The SMILES string of the molecule is CCCOc1ccc(F)cc1C(=O)/C=C/N(C)C. The van der Waals surface area contributed by atoms with Gasteiger partial charge in [-0.25, -0.2) is 4.39 Å². The van der Waals surface area contributed by atoms with Crippen LogP contribution in [-0.4, -0.2) is 31.4 Å². The average molecular weight is 251 g/mol. The Hall–Kier alpha value is -1.84. The Balaban J connectivity index is 2.97. The zero-order valence-electron chi connectivity index (χ0n) is 10.9. The van der Waals surface area contributed by atoms with Crippen molar-refractivity contribution in [2.45, 2.75) is 13.3 Å². The maximum atomic E-state index is 13.2. The fraction of sp³-hybridized carbons (Fsp3) is 0.357. The van der Waals surface area contributed by atoms with Crippen LogP contribution in [0.25, 0.3) is 0 Å². The van der Waals surface area contributed by atoms with E-state index in [-0.39, 0.29) is 11.3 Å². The number of hydrogen-bond acceptors (Lipinski definition) is 3. The first-order chi connectivity index (χ1) is 8.54. The quantitative estimate of drug-likeness (QED) is 0.575. The van der Waals surface area contributed by atoms with Gasteiger partial charge in [0, 0.05) is 26.4 Å². The zero-order valence-corrected chi connectivity index (χ0v) is 10.9. The van der Waals surface area contributed by atoms with E-state index in [2.05, 4.69) is 0 Å². The third-order valence-electron chi connectivity index (χ3n) is 2.19. The molecule has 0 aliphatic rings. The second kappa shape index (κ2) is 6.79. The van der Waals surface area contributed by atoms with Crippen LogP contribution >= 0.6 is 0 Å². The van der Waals surface area contributed by atoms with Gasteiger partial charge in [-0.3, -0.25) is 4.79 Å². The van der Waals surface area contributed by atoms with E-state index >= 15 is 0 Å². The monoisotopic (exact) mass is 251 g/mol. The van der Waals surface area contributed by atoms with E-state index in [9.17, 15) is 9.18 Å². The van der Waals surface area contributed by atoms with Crippen molar-refractivity contribution in [3.05, 3.63) is 41.9 Å². The third-order valence-corrected chi connectivity index (χ3v) is 2.19. The highest BCUT2D eigenvalue weighted by Crippen LogP contribution is 2.21. The molecule has 0 fully saturated rings. The molecule has 98 valence electrons. The highest BCUT2D eigenvalue weighted by Gasteiger charge is 2.11. The van der Waals surface area contributed by atoms with Crippen molar-refractivity contribution in [1.82, 2.24) is 4.90 Å². The van der Waals surface area contributed by atoms with Crippen molar-refractivity contribution in [3.8, 4) is 5.75 Å². The zero-order chi connectivity index (χ0) is 13.5. The molecule has 0 aromatic heterocycles. The topological polar surface area (TPSA) is 29.5 Å². The summed E-state index contributed by atoms with van der Waals surface area (Å²) in [4.78, 5) is 13.7. The molecule has 0 spiro atoms. The van der Waals surface area contributed by atoms with E-state index < -0.39 is 5.82 Å². The Morgan fingerprint density at radius 2 is 2.17 bits per heavy atom. The van der Waals surface area contributed by atoms with Gasteiger partial charge in [0.1, 0.15) is 11.6 Å². The van der Waals surface area contributed by atoms with Crippen LogP contribution in [0.15, 0.2) is 30.5 Å². The smallest absolute Gasteiger partial charge is 0.191 e. The minimum Gasteiger partial charge on any atom is -0.493 e. The lowest BCUT2D eigenvalue weighted by molar-refractivity contribution is 0.104. The van der Waals surface area contributed by atoms with Crippen LogP contribution in [0, 0.1) is 5.82 Å². The molecule has 4 heteroatoms. The van der Waals surface area contributed by atoms with E-state index in [4.69, 9.17) is 4.74 Å². The number of carbonyl (C=O) groups excluding carboxylic acids is 1. The molecule has 0 saturated heterocycles. The van der Waals surface area contributed by atoms with Gasteiger partial charge in [0.15, 0.2) is 5.78 Å². The van der Waals surface area contributed by atoms with Crippen molar-refractivity contribution in [3.63, 3.8) is 0 Å². The fourth-order valence-corrected chi connectivity index (χ4v) is 1.34. The maximum Gasteiger partial charge on any atom is 0.191 e. The summed E-state index contributed by atoms with van der Waals surface area (Å²) >= 11 is 0. The number of carbonyl (C=O) groups is 1. The number of allylic oxidation sites excluding steroid dienone is 1. The molecule has 0 atom stereocenters. The van der Waals surface area contributed by atoms with Gasteiger partial charge in [0.05, 0.1) is 12.2 Å². The molecule has 0 saturated carbocycles. The lowest BCUT2D eigenvalue weighted by Crippen LogP contribution is -2.06. The molecule has 0 N–H and O–H groups in total. The van der Waals surface area contributed by atoms with E-state index in [1.54, 1.807) is 11.1 Å². The van der Waals surface area contributed by atoms with Gasteiger partial charge in [0.2, 0.25) is 0 Å². The number of halogens is 1. The van der Waals surface area contributed by atoms with E-state index in [0.29, 0.717) is 12.4 Å². The van der Waals surface area contributed by atoms with Crippen LogP contribution in [0.2, 0.25) is 0 Å². The maximum absolute atomic E-state index is 13.2. The second-order valence-corrected chi connectivity index (χ2v) is 4.13. The molecule has 0 radical (unpaired) electrons. The first-order valence-corrected chi connectivity index (χ1v) is 5.86. The highest BCUT2D eigenvalue weighted by molar-refractivity contribution is 6.06. The lowest BCUT2D eigenvalue weighted by Gasteiger charge is -2.09. The third kappa shape index (κ3) is 4.20. The molecule has 0 unspecified atom stereocenters. The number of benzene rings is 1. The number of nitrogens with zero attached hydrogens (tertiary/aromatic N) is 1. The molecule has 0 aliphatic carbocycles. The number of ketones is 1. The summed E-state index contributed by atoms with van der Waals surface area (Å²) in [7, 11) is 3.62. The highest BCUT2D eigenvalue weighted by atomic mass is 19.1. The lowest BCUT2D eigenvalue weighted by atomic mass is 10.1. The molecule has 18 heavy (non-hydrogen) atoms. The van der Waals surface area contributed by atoms with Crippen LogP contribution in [0.3, 0.4) is 0 Å². The summed E-state index contributed by atoms with van der Waals surface area (Å²) in [5, 5.41) is 0. The summed E-state index contributed by atoms with van der Waals surface area (Å²) in [6.45, 7) is 2.47. The van der Waals surface area contributed by atoms with Crippen LogP contribution in [0.1, 0.15) is 23.7 Å². The molecular formula is C14H18FNO2. The molecule has 1 aromatic rings. The van der Waals surface area contributed by atoms with Crippen molar-refractivity contribution in [2.24, 2.45) is 0 Å². The Labute approximate surface area is 107 Å². The van der Waals surface area contributed by atoms with Crippen LogP contribution < -0.4 is 4.74 Å². The normalized spacial score (nSPS) is 10.7. The van der Waals surface area contributed by atoms with Crippen LogP contribution in [0.4, 0.5) is 4.39 Å². The van der Waals surface area contributed by atoms with Crippen molar-refractivity contribution in [1.29, 1.82) is 0 Å². The number of rotatable bonds is 6. The van der Waals surface area contributed by atoms with E-state index in [1.165, 1.54) is 24.3 Å². The Morgan fingerprint density at radius 3 is 2.78 bits per heavy atom. The average Bonchev–Trinajstić information content (AvgIpc) is 2.34. The van der Waals surface area contributed by atoms with Gasteiger partial charge in [-0.05, 0) is 24.6 Å². The summed E-state index contributed by atoms with van der Waals surface area (Å²) in [6, 6.07) is 3.98. The molecule has 1 aromatic carbocycles. The summed E-state index contributed by atoms with van der Waals surface area (Å²) in [5.41, 5.74) is 0.251. The summed E-state index contributed by atoms with van der Waals surface area (Å²) in [5.74, 6) is -0.290. The van der Waals surface area contributed by atoms with Gasteiger partial charge < -0.3 is 9.64 Å². The molecule has 0 aliphatic heterocycles. The first kappa shape index (κ1) is 14.2. The van der Waals surface area contributed by atoms with Crippen LogP contribution in [-0.2, 0) is 0 Å². The van der Waals surface area contributed by atoms with Gasteiger partial charge in [-0.2, -0.15) is 0 Å². The number of ether oxygens (including phenoxy) is 1. The predicted molar refractivity (Wildman–Crippen MR) is 69.3 cm³/mol. The van der Waals surface area contributed by atoms with Gasteiger partial charge in [-0.15, -0.1) is 0 Å². The standard InChI is InChI=1S/C14H18FNO2/c1-4-9-18-14-6-5-11(15)10-12(14)13(17)7-8-16(2)3/h5-8,10H,4,9H2,1-3H3/b8-7+. The van der Waals surface area contributed by atoms with Gasteiger partial charge >= 0.3 is 0 Å². The molecule has 0 bridgehead atoms. The predicted octanol–water partition coefficient (Wildman–Crippen LogP) is 2.87. The molecule has 0 amide bonds. The minimum atomic E-state index is -0.444. The van der Waals surface area contributed by atoms with Crippen LogP contribution in [0.5, 0.6) is 5.75 Å². The van der Waals surface area contributed by atoms with Gasteiger partial charge in [-0.1, -0.05) is 6.92 Å². The molecule has 1 rings (SSSR count). The largest absolute Gasteiger partial charge is 0.493 e. The van der Waals surface area contributed by atoms with Crippen molar-refractivity contribution in [2.75, 3.05) is 20.7 Å². The minimum absolute atomic E-state index is 0.251. The van der Waals surface area contributed by atoms with E-state index in [1.807, 2.05) is 21.0 Å². The summed E-state index contributed by atoms with van der Waals surface area (Å²) < 4.78 is 18.6. The Kier molecular flexibility index (Phi) is 5.36. The second-order valence-electron chi connectivity index (χ2n) is 4.13. The number of hydrogen-bond donors (Lipinski definition) is 0. The molecule has 3 nitrogen and oxygen atoms in total. The fourth-order valence-electron chi connectivity index (χ4n) is 1.34.